The molecular formula is C13H22N2O3S. The summed E-state index contributed by atoms with van der Waals surface area (Å²) in [5.41, 5.74) is 0. The molecule has 0 aromatic carbocycles. The fourth-order valence-electron chi connectivity index (χ4n) is 2.75. The summed E-state index contributed by atoms with van der Waals surface area (Å²) in [6.45, 7) is 4.14. The molecule has 0 saturated carbocycles. The van der Waals surface area contributed by atoms with Crippen molar-refractivity contribution in [2.45, 2.75) is 32.2 Å². The molecule has 0 bridgehead atoms. The van der Waals surface area contributed by atoms with Crippen LogP contribution in [0.25, 0.3) is 0 Å². The Bertz CT molecular complexity index is 453. The van der Waals surface area contributed by atoms with E-state index in [-0.39, 0.29) is 17.7 Å². The second-order valence-electron chi connectivity index (χ2n) is 5.62. The van der Waals surface area contributed by atoms with Crippen LogP contribution in [-0.4, -0.2) is 39.2 Å². The van der Waals surface area contributed by atoms with Crippen molar-refractivity contribution < 1.29 is 13.2 Å². The molecule has 1 fully saturated rings. The van der Waals surface area contributed by atoms with Gasteiger partial charge in [0.2, 0.25) is 5.91 Å². The third kappa shape index (κ3) is 4.31. The van der Waals surface area contributed by atoms with Gasteiger partial charge in [-0.3, -0.25) is 4.79 Å². The van der Waals surface area contributed by atoms with Crippen LogP contribution < -0.4 is 10.6 Å². The normalized spacial score (nSPS) is 31.0. The van der Waals surface area contributed by atoms with Crippen molar-refractivity contribution in [2.24, 2.45) is 11.8 Å². The average Bonchev–Trinajstić information content (AvgIpc) is 2.69. The molecule has 0 aromatic heterocycles. The summed E-state index contributed by atoms with van der Waals surface area (Å²) in [5.74, 6) is 0.819. The van der Waals surface area contributed by atoms with Crippen LogP contribution in [0.4, 0.5) is 0 Å². The molecule has 0 aromatic rings. The quantitative estimate of drug-likeness (QED) is 0.786. The fraction of sp³-hybridized carbons (Fsp3) is 0.769. The molecule has 3 atom stereocenters. The second-order valence-corrected chi connectivity index (χ2v) is 7.55. The van der Waals surface area contributed by atoms with Gasteiger partial charge in [-0.2, -0.15) is 0 Å². The van der Waals surface area contributed by atoms with Crippen molar-refractivity contribution in [1.82, 2.24) is 10.6 Å². The van der Waals surface area contributed by atoms with Gasteiger partial charge in [-0.25, -0.2) is 8.42 Å². The molecule has 2 aliphatic rings. The maximum absolute atomic E-state index is 11.9. The number of nitrogens with one attached hydrogen (secondary N) is 2. The molecule has 2 rings (SSSR count). The fourth-order valence-corrected chi connectivity index (χ4v) is 3.99. The highest BCUT2D eigenvalue weighted by Gasteiger charge is 2.25. The van der Waals surface area contributed by atoms with E-state index >= 15 is 0 Å². The van der Waals surface area contributed by atoms with Gasteiger partial charge in [0.25, 0.3) is 0 Å². The number of hydrogen-bond acceptors (Lipinski definition) is 4. The van der Waals surface area contributed by atoms with Crippen molar-refractivity contribution in [1.29, 1.82) is 0 Å². The second kappa shape index (κ2) is 6.05. The molecule has 1 saturated heterocycles. The minimum absolute atomic E-state index is 0.00188. The zero-order valence-corrected chi connectivity index (χ0v) is 12.1. The van der Waals surface area contributed by atoms with Crippen LogP contribution in [0.5, 0.6) is 0 Å². The minimum atomic E-state index is -3.10. The predicted molar refractivity (Wildman–Crippen MR) is 74.2 cm³/mol. The van der Waals surface area contributed by atoms with Crippen molar-refractivity contribution in [3.05, 3.63) is 11.5 Å². The Balaban J connectivity index is 1.76. The third-order valence-electron chi connectivity index (χ3n) is 3.92. The number of amides is 1. The Morgan fingerprint density at radius 1 is 1.53 bits per heavy atom. The minimum Gasteiger partial charge on any atom is -0.349 e. The monoisotopic (exact) mass is 286 g/mol. The van der Waals surface area contributed by atoms with Gasteiger partial charge in [-0.15, -0.1) is 0 Å². The van der Waals surface area contributed by atoms with Crippen LogP contribution >= 0.6 is 0 Å². The molecule has 2 heterocycles. The Kier molecular flexibility index (Phi) is 4.62. The number of sulfone groups is 1. The standard InChI is InChI=1S/C13H22N2O3S/c1-10(11-3-2-5-14-8-11)7-13(16)15-12-4-6-19(17,18)9-12/h4,6,10-12,14H,2-3,5,7-9H2,1H3,(H,15,16). The van der Waals surface area contributed by atoms with Crippen molar-refractivity contribution in [2.75, 3.05) is 18.8 Å². The largest absolute Gasteiger partial charge is 0.349 e. The maximum Gasteiger partial charge on any atom is 0.220 e. The van der Waals surface area contributed by atoms with Gasteiger partial charge in [-0.05, 0) is 43.8 Å². The van der Waals surface area contributed by atoms with Crippen LogP contribution in [-0.2, 0) is 14.6 Å². The van der Waals surface area contributed by atoms with Gasteiger partial charge < -0.3 is 10.6 Å². The van der Waals surface area contributed by atoms with E-state index in [1.807, 2.05) is 0 Å². The van der Waals surface area contributed by atoms with Crippen LogP contribution in [0.2, 0.25) is 0 Å². The van der Waals surface area contributed by atoms with E-state index in [1.54, 1.807) is 6.08 Å². The highest BCUT2D eigenvalue weighted by atomic mass is 32.2. The summed E-state index contributed by atoms with van der Waals surface area (Å²) < 4.78 is 22.5. The van der Waals surface area contributed by atoms with Gasteiger partial charge in [0.1, 0.15) is 0 Å². The molecule has 5 nitrogen and oxygen atoms in total. The Morgan fingerprint density at radius 3 is 2.89 bits per heavy atom. The number of carbonyl (C=O) groups is 1. The molecular weight excluding hydrogens is 264 g/mol. The molecule has 0 radical (unpaired) electrons. The van der Waals surface area contributed by atoms with Crippen LogP contribution in [0.1, 0.15) is 26.2 Å². The first-order chi connectivity index (χ1) is 8.96. The molecule has 3 unspecified atom stereocenters. The molecule has 6 heteroatoms. The summed E-state index contributed by atoms with van der Waals surface area (Å²) in [6, 6.07) is -0.353. The van der Waals surface area contributed by atoms with Crippen molar-refractivity contribution in [3.8, 4) is 0 Å². The van der Waals surface area contributed by atoms with E-state index in [1.165, 1.54) is 18.2 Å². The Hall–Kier alpha value is -0.880. The lowest BCUT2D eigenvalue weighted by Crippen LogP contribution is -2.39. The number of hydrogen-bond donors (Lipinski definition) is 2. The van der Waals surface area contributed by atoms with Gasteiger partial charge in [-0.1, -0.05) is 6.92 Å². The van der Waals surface area contributed by atoms with Crippen molar-refractivity contribution in [3.63, 3.8) is 0 Å². The third-order valence-corrected chi connectivity index (χ3v) is 5.32. The Morgan fingerprint density at radius 2 is 2.32 bits per heavy atom. The van der Waals surface area contributed by atoms with Crippen LogP contribution in [0.15, 0.2) is 11.5 Å². The Labute approximate surface area is 114 Å². The summed E-state index contributed by atoms with van der Waals surface area (Å²) >= 11 is 0. The van der Waals surface area contributed by atoms with Gasteiger partial charge in [0, 0.05) is 11.8 Å². The van der Waals surface area contributed by atoms with Gasteiger partial charge >= 0.3 is 0 Å². The molecule has 2 aliphatic heterocycles. The van der Waals surface area contributed by atoms with Crippen molar-refractivity contribution >= 4 is 15.7 Å². The molecule has 108 valence electrons. The summed E-state index contributed by atoms with van der Waals surface area (Å²) in [6.07, 6.45) is 4.36. The molecule has 19 heavy (non-hydrogen) atoms. The summed E-state index contributed by atoms with van der Waals surface area (Å²) in [7, 11) is -3.10. The maximum atomic E-state index is 11.9. The van der Waals surface area contributed by atoms with Gasteiger partial charge in [0.15, 0.2) is 9.84 Å². The number of rotatable bonds is 4. The van der Waals surface area contributed by atoms with E-state index in [4.69, 9.17) is 0 Å². The SMILES string of the molecule is CC(CC(=O)NC1C=CS(=O)(=O)C1)C1CCCNC1. The van der Waals surface area contributed by atoms with Crippen LogP contribution in [0, 0.1) is 11.8 Å². The topological polar surface area (TPSA) is 75.3 Å². The van der Waals surface area contributed by atoms with E-state index < -0.39 is 9.84 Å². The first-order valence-corrected chi connectivity index (χ1v) is 8.59. The smallest absolute Gasteiger partial charge is 0.220 e. The first kappa shape index (κ1) is 14.5. The number of piperidine rings is 1. The molecule has 2 N–H and O–H groups in total. The first-order valence-electron chi connectivity index (χ1n) is 6.87. The highest BCUT2D eigenvalue weighted by Crippen LogP contribution is 2.22. The highest BCUT2D eigenvalue weighted by molar-refractivity contribution is 7.94. The zero-order valence-electron chi connectivity index (χ0n) is 11.3. The summed E-state index contributed by atoms with van der Waals surface area (Å²) in [5, 5.41) is 7.32. The van der Waals surface area contributed by atoms with E-state index in [0.717, 1.165) is 13.1 Å². The lowest BCUT2D eigenvalue weighted by molar-refractivity contribution is -0.122. The van der Waals surface area contributed by atoms with Gasteiger partial charge in [0.05, 0.1) is 11.8 Å². The molecule has 1 amide bonds. The van der Waals surface area contributed by atoms with E-state index in [0.29, 0.717) is 18.3 Å². The molecule has 0 aliphatic carbocycles. The predicted octanol–water partition coefficient (Wildman–Crippen LogP) is 0.439. The lowest BCUT2D eigenvalue weighted by Gasteiger charge is -2.28. The summed E-state index contributed by atoms with van der Waals surface area (Å²) in [4.78, 5) is 11.9. The lowest BCUT2D eigenvalue weighted by atomic mass is 9.85. The number of carbonyl (C=O) groups excluding carboxylic acids is 1. The molecule has 0 spiro atoms. The van der Waals surface area contributed by atoms with E-state index in [9.17, 15) is 13.2 Å². The zero-order chi connectivity index (χ0) is 13.9. The van der Waals surface area contributed by atoms with E-state index in [2.05, 4.69) is 17.6 Å². The average molecular weight is 286 g/mol. The van der Waals surface area contributed by atoms with Crippen LogP contribution in [0.3, 0.4) is 0 Å².